The van der Waals surface area contributed by atoms with Crippen LogP contribution in [0.3, 0.4) is 0 Å². The first-order valence-electron chi connectivity index (χ1n) is 4.98. The lowest BCUT2D eigenvalue weighted by Gasteiger charge is -2.36. The Morgan fingerprint density at radius 3 is 1.85 bits per heavy atom. The Hall–Kier alpha value is -0.120. The fourth-order valence-corrected chi connectivity index (χ4v) is 2.44. The molecule has 0 saturated carbocycles. The molecule has 78 valence electrons. The molecule has 0 radical (unpaired) electrons. The van der Waals surface area contributed by atoms with Gasteiger partial charge in [-0.2, -0.15) is 5.06 Å². The number of hydrogen-bond donors (Lipinski definition) is 1. The molecule has 3 nitrogen and oxygen atoms in total. The van der Waals surface area contributed by atoms with Crippen molar-refractivity contribution >= 4 is 0 Å². The van der Waals surface area contributed by atoms with Gasteiger partial charge in [0.1, 0.15) is 0 Å². The Labute approximate surface area is 81.3 Å². The highest BCUT2D eigenvalue weighted by molar-refractivity contribution is 5.04. The van der Waals surface area contributed by atoms with Gasteiger partial charge in [0.05, 0.1) is 11.7 Å². The summed E-state index contributed by atoms with van der Waals surface area (Å²) in [6.07, 6.45) is 0.970. The van der Waals surface area contributed by atoms with Gasteiger partial charge in [-0.25, -0.2) is 0 Å². The van der Waals surface area contributed by atoms with E-state index in [4.69, 9.17) is 0 Å². The third-order valence-electron chi connectivity index (χ3n) is 3.74. The van der Waals surface area contributed by atoms with Gasteiger partial charge in [-0.15, -0.1) is 0 Å². The molecule has 1 aliphatic heterocycles. The number of hydrogen-bond acceptors (Lipinski definition) is 3. The van der Waals surface area contributed by atoms with Gasteiger partial charge in [-0.3, -0.25) is 4.90 Å². The highest BCUT2D eigenvalue weighted by atomic mass is 16.5. The Bertz CT molecular complexity index is 201. The minimum Gasteiger partial charge on any atom is -0.312 e. The third kappa shape index (κ3) is 1.30. The normalized spacial score (nSPS) is 33.9. The Kier molecular flexibility index (Phi) is 2.48. The van der Waals surface area contributed by atoms with Crippen molar-refractivity contribution in [1.82, 2.24) is 9.96 Å². The van der Waals surface area contributed by atoms with E-state index in [1.807, 2.05) is 13.8 Å². The molecule has 1 unspecified atom stereocenters. The molecule has 1 N–H and O–H groups in total. The zero-order valence-corrected chi connectivity index (χ0v) is 9.63. The van der Waals surface area contributed by atoms with Gasteiger partial charge in [0, 0.05) is 5.54 Å². The number of rotatable bonds is 1. The largest absolute Gasteiger partial charge is 0.312 e. The Morgan fingerprint density at radius 2 is 1.69 bits per heavy atom. The van der Waals surface area contributed by atoms with E-state index in [0.717, 1.165) is 6.42 Å². The van der Waals surface area contributed by atoms with E-state index >= 15 is 0 Å². The van der Waals surface area contributed by atoms with Gasteiger partial charge in [-0.05, 0) is 41.2 Å². The van der Waals surface area contributed by atoms with Gasteiger partial charge in [-0.1, -0.05) is 6.92 Å². The monoisotopic (exact) mass is 186 g/mol. The fraction of sp³-hybridized carbons (Fsp3) is 1.00. The molecular formula is C10H22N2O. The molecule has 1 aliphatic rings. The lowest BCUT2D eigenvalue weighted by molar-refractivity contribution is -0.186. The molecule has 1 rings (SSSR count). The van der Waals surface area contributed by atoms with Crippen LogP contribution in [0.5, 0.6) is 0 Å². The summed E-state index contributed by atoms with van der Waals surface area (Å²) in [6, 6.07) is 0.215. The molecule has 0 aliphatic carbocycles. The number of likely N-dealkylation sites (N-methyl/N-ethyl adjacent to an activating group) is 1. The van der Waals surface area contributed by atoms with E-state index in [0.29, 0.717) is 0 Å². The summed E-state index contributed by atoms with van der Waals surface area (Å²) < 4.78 is 0. The van der Waals surface area contributed by atoms with Gasteiger partial charge in [0.25, 0.3) is 0 Å². The number of hydroxylamine groups is 2. The molecule has 1 fully saturated rings. The van der Waals surface area contributed by atoms with Gasteiger partial charge in [0.2, 0.25) is 0 Å². The van der Waals surface area contributed by atoms with Crippen molar-refractivity contribution < 1.29 is 5.21 Å². The van der Waals surface area contributed by atoms with Crippen molar-refractivity contribution in [3.63, 3.8) is 0 Å². The number of nitrogens with zero attached hydrogens (tertiary/aromatic N) is 2. The summed E-state index contributed by atoms with van der Waals surface area (Å²) in [5.74, 6) is 0. The first kappa shape index (κ1) is 11.0. The summed E-state index contributed by atoms with van der Waals surface area (Å²) in [5.41, 5.74) is -0.225. The molecule has 0 spiro atoms. The zero-order chi connectivity index (χ0) is 10.4. The average Bonchev–Trinajstić information content (AvgIpc) is 2.12. The van der Waals surface area contributed by atoms with Crippen molar-refractivity contribution in [3.8, 4) is 0 Å². The molecule has 0 aromatic heterocycles. The molecule has 0 aromatic rings. The fourth-order valence-electron chi connectivity index (χ4n) is 2.44. The third-order valence-corrected chi connectivity index (χ3v) is 3.74. The van der Waals surface area contributed by atoms with Crippen LogP contribution in [-0.2, 0) is 0 Å². The van der Waals surface area contributed by atoms with Crippen LogP contribution in [0.25, 0.3) is 0 Å². The molecule has 0 amide bonds. The minimum absolute atomic E-state index is 0.0347. The summed E-state index contributed by atoms with van der Waals surface area (Å²) in [7, 11) is 2.07. The highest BCUT2D eigenvalue weighted by Gasteiger charge is 2.53. The van der Waals surface area contributed by atoms with Crippen LogP contribution in [0.1, 0.15) is 41.0 Å². The van der Waals surface area contributed by atoms with Crippen LogP contribution in [0.4, 0.5) is 0 Å². The molecular weight excluding hydrogens is 164 g/mol. The highest BCUT2D eigenvalue weighted by Crippen LogP contribution is 2.40. The van der Waals surface area contributed by atoms with Gasteiger partial charge < -0.3 is 5.21 Å². The first-order chi connectivity index (χ1) is 5.76. The van der Waals surface area contributed by atoms with Crippen LogP contribution in [-0.4, -0.2) is 39.5 Å². The van der Waals surface area contributed by atoms with E-state index in [-0.39, 0.29) is 17.2 Å². The van der Waals surface area contributed by atoms with E-state index in [9.17, 15) is 5.21 Å². The van der Waals surface area contributed by atoms with Crippen LogP contribution >= 0.6 is 0 Å². The molecule has 0 bridgehead atoms. The predicted molar refractivity (Wildman–Crippen MR) is 53.6 cm³/mol. The van der Waals surface area contributed by atoms with Crippen molar-refractivity contribution in [2.75, 3.05) is 7.05 Å². The second-order valence-corrected chi connectivity index (χ2v) is 4.98. The molecule has 13 heavy (non-hydrogen) atoms. The quantitative estimate of drug-likeness (QED) is 0.677. The second-order valence-electron chi connectivity index (χ2n) is 4.98. The standard InChI is InChI=1S/C10H22N2O/c1-7-8-9(2,3)11(6)10(4,5)12(8)13/h8,13H,7H2,1-6H3. The van der Waals surface area contributed by atoms with E-state index in [1.165, 1.54) is 5.06 Å². The van der Waals surface area contributed by atoms with Crippen LogP contribution in [0.2, 0.25) is 0 Å². The zero-order valence-electron chi connectivity index (χ0n) is 9.63. The summed E-state index contributed by atoms with van der Waals surface area (Å²) in [5, 5.41) is 11.5. The SMILES string of the molecule is CCC1N(O)C(C)(C)N(C)C1(C)C. The van der Waals surface area contributed by atoms with Crippen LogP contribution in [0, 0.1) is 0 Å². The Balaban J connectivity index is 3.04. The van der Waals surface area contributed by atoms with E-state index in [2.05, 4.69) is 32.7 Å². The summed E-state index contributed by atoms with van der Waals surface area (Å²) in [6.45, 7) is 10.6. The summed E-state index contributed by atoms with van der Waals surface area (Å²) in [4.78, 5) is 2.23. The minimum atomic E-state index is -0.260. The maximum atomic E-state index is 10.0. The van der Waals surface area contributed by atoms with Gasteiger partial charge >= 0.3 is 0 Å². The maximum absolute atomic E-state index is 10.0. The van der Waals surface area contributed by atoms with Crippen LogP contribution in [0.15, 0.2) is 0 Å². The van der Waals surface area contributed by atoms with Crippen molar-refractivity contribution in [2.24, 2.45) is 0 Å². The van der Waals surface area contributed by atoms with Crippen molar-refractivity contribution in [3.05, 3.63) is 0 Å². The van der Waals surface area contributed by atoms with Crippen LogP contribution < -0.4 is 0 Å². The smallest absolute Gasteiger partial charge is 0.0924 e. The van der Waals surface area contributed by atoms with Crippen molar-refractivity contribution in [2.45, 2.75) is 58.3 Å². The lowest BCUT2D eigenvalue weighted by Crippen LogP contribution is -2.49. The molecule has 1 heterocycles. The molecule has 0 aromatic carbocycles. The first-order valence-corrected chi connectivity index (χ1v) is 4.98. The van der Waals surface area contributed by atoms with Crippen molar-refractivity contribution in [1.29, 1.82) is 0 Å². The average molecular weight is 186 g/mol. The topological polar surface area (TPSA) is 26.7 Å². The molecule has 3 heteroatoms. The lowest BCUT2D eigenvalue weighted by atomic mass is 9.93. The second kappa shape index (κ2) is 2.94. The molecule has 1 saturated heterocycles. The predicted octanol–water partition coefficient (Wildman–Crippen LogP) is 1.92. The summed E-state index contributed by atoms with van der Waals surface area (Å²) >= 11 is 0. The Morgan fingerprint density at radius 1 is 1.23 bits per heavy atom. The molecule has 1 atom stereocenters. The van der Waals surface area contributed by atoms with Gasteiger partial charge in [0.15, 0.2) is 0 Å². The maximum Gasteiger partial charge on any atom is 0.0924 e. The van der Waals surface area contributed by atoms with E-state index in [1.54, 1.807) is 0 Å². The van der Waals surface area contributed by atoms with E-state index < -0.39 is 0 Å².